The quantitative estimate of drug-likeness (QED) is 0.702. The normalized spacial score (nSPS) is 24.4. The van der Waals surface area contributed by atoms with Crippen LogP contribution in [0.5, 0.6) is 0 Å². The van der Waals surface area contributed by atoms with Crippen molar-refractivity contribution in [2.45, 2.75) is 12.3 Å². The Labute approximate surface area is 87.8 Å². The molecule has 0 aromatic heterocycles. The Kier molecular flexibility index (Phi) is 2.46. The van der Waals surface area contributed by atoms with Gasteiger partial charge in [-0.3, -0.25) is 4.79 Å². The fourth-order valence-corrected chi connectivity index (χ4v) is 1.91. The van der Waals surface area contributed by atoms with Gasteiger partial charge in [0.1, 0.15) is 0 Å². The van der Waals surface area contributed by atoms with Crippen molar-refractivity contribution in [2.75, 3.05) is 7.11 Å². The number of esters is 1. The second-order valence-electron chi connectivity index (χ2n) is 3.53. The van der Waals surface area contributed by atoms with Gasteiger partial charge in [-0.15, -0.1) is 0 Å². The zero-order valence-corrected chi connectivity index (χ0v) is 8.62. The number of benzene rings is 1. The summed E-state index contributed by atoms with van der Waals surface area (Å²) < 4.78 is 4.68. The van der Waals surface area contributed by atoms with E-state index in [9.17, 15) is 4.79 Å². The maximum atomic E-state index is 11.2. The molecule has 14 heavy (non-hydrogen) atoms. The van der Waals surface area contributed by atoms with Crippen LogP contribution in [-0.2, 0) is 9.53 Å². The van der Waals surface area contributed by atoms with Gasteiger partial charge < -0.3 is 4.74 Å². The fraction of sp³-hybridized carbons (Fsp3) is 0.364. The highest BCUT2D eigenvalue weighted by atomic mass is 35.5. The number of hydrogen-bond donors (Lipinski definition) is 0. The van der Waals surface area contributed by atoms with Crippen LogP contribution in [-0.4, -0.2) is 13.1 Å². The molecule has 1 aromatic carbocycles. The maximum Gasteiger partial charge on any atom is 0.309 e. The second-order valence-corrected chi connectivity index (χ2v) is 3.96. The summed E-state index contributed by atoms with van der Waals surface area (Å²) in [6.45, 7) is 0. The molecule has 0 spiro atoms. The van der Waals surface area contributed by atoms with E-state index in [1.54, 1.807) is 0 Å². The number of methoxy groups -OCH3 is 1. The van der Waals surface area contributed by atoms with Gasteiger partial charge in [-0.2, -0.15) is 0 Å². The Morgan fingerprint density at radius 3 is 3.00 bits per heavy atom. The van der Waals surface area contributed by atoms with Gasteiger partial charge in [-0.05, 0) is 30.0 Å². The van der Waals surface area contributed by atoms with Crippen LogP contribution in [0.2, 0.25) is 5.02 Å². The van der Waals surface area contributed by atoms with Crippen molar-refractivity contribution < 1.29 is 9.53 Å². The summed E-state index contributed by atoms with van der Waals surface area (Å²) in [6, 6.07) is 7.65. The molecule has 2 rings (SSSR count). The van der Waals surface area contributed by atoms with Crippen molar-refractivity contribution in [1.29, 1.82) is 0 Å². The molecule has 1 aliphatic carbocycles. The number of hydrogen-bond acceptors (Lipinski definition) is 2. The molecule has 2 atom stereocenters. The molecular formula is C11H11ClO2. The average molecular weight is 211 g/mol. The first-order chi connectivity index (χ1) is 6.72. The minimum atomic E-state index is -0.116. The summed E-state index contributed by atoms with van der Waals surface area (Å²) in [5, 5.41) is 0.720. The van der Waals surface area contributed by atoms with Crippen LogP contribution in [0, 0.1) is 5.92 Å². The van der Waals surface area contributed by atoms with Gasteiger partial charge in [0.25, 0.3) is 0 Å². The van der Waals surface area contributed by atoms with Crippen molar-refractivity contribution in [3.8, 4) is 0 Å². The largest absolute Gasteiger partial charge is 0.469 e. The molecule has 0 saturated heterocycles. The molecule has 2 unspecified atom stereocenters. The van der Waals surface area contributed by atoms with E-state index < -0.39 is 0 Å². The van der Waals surface area contributed by atoms with Crippen LogP contribution in [0.1, 0.15) is 17.9 Å². The van der Waals surface area contributed by atoms with Crippen molar-refractivity contribution in [2.24, 2.45) is 5.92 Å². The topological polar surface area (TPSA) is 26.3 Å². The molecule has 0 radical (unpaired) electrons. The molecule has 0 N–H and O–H groups in total. The average Bonchev–Trinajstić information content (AvgIpc) is 2.96. The highest BCUT2D eigenvalue weighted by Crippen LogP contribution is 2.48. The number of rotatable bonds is 2. The lowest BCUT2D eigenvalue weighted by atomic mass is 10.1. The molecule has 2 nitrogen and oxygen atoms in total. The van der Waals surface area contributed by atoms with Crippen molar-refractivity contribution in [3.63, 3.8) is 0 Å². The molecule has 0 bridgehead atoms. The smallest absolute Gasteiger partial charge is 0.309 e. The van der Waals surface area contributed by atoms with Crippen LogP contribution in [0.25, 0.3) is 0 Å². The van der Waals surface area contributed by atoms with E-state index in [1.807, 2.05) is 24.3 Å². The zero-order valence-electron chi connectivity index (χ0n) is 7.87. The van der Waals surface area contributed by atoms with E-state index in [1.165, 1.54) is 7.11 Å². The molecule has 1 saturated carbocycles. The predicted molar refractivity (Wildman–Crippen MR) is 54.3 cm³/mol. The SMILES string of the molecule is COC(=O)C1CC1c1cccc(Cl)c1. The third-order valence-corrected chi connectivity index (χ3v) is 2.81. The molecule has 0 aliphatic heterocycles. The Hall–Kier alpha value is -1.02. The molecule has 1 fully saturated rings. The fourth-order valence-electron chi connectivity index (χ4n) is 1.71. The van der Waals surface area contributed by atoms with Gasteiger partial charge >= 0.3 is 5.97 Å². The zero-order chi connectivity index (χ0) is 10.1. The summed E-state index contributed by atoms with van der Waals surface area (Å²) in [7, 11) is 1.43. The summed E-state index contributed by atoms with van der Waals surface area (Å²) >= 11 is 5.86. The molecule has 3 heteroatoms. The predicted octanol–water partition coefficient (Wildman–Crippen LogP) is 2.62. The number of halogens is 1. The summed E-state index contributed by atoms with van der Waals surface area (Å²) in [6.07, 6.45) is 0.882. The Balaban J connectivity index is 2.09. The molecular weight excluding hydrogens is 200 g/mol. The van der Waals surface area contributed by atoms with Crippen molar-refractivity contribution in [1.82, 2.24) is 0 Å². The standard InChI is InChI=1S/C11H11ClO2/c1-14-11(13)10-6-9(10)7-3-2-4-8(12)5-7/h2-5,9-10H,6H2,1H3. The minimum Gasteiger partial charge on any atom is -0.469 e. The summed E-state index contributed by atoms with van der Waals surface area (Å²) in [4.78, 5) is 11.2. The van der Waals surface area contributed by atoms with Crippen LogP contribution in [0.4, 0.5) is 0 Å². The maximum absolute atomic E-state index is 11.2. The third kappa shape index (κ3) is 1.75. The first-order valence-corrected chi connectivity index (χ1v) is 4.93. The molecule has 1 aromatic rings. The van der Waals surface area contributed by atoms with E-state index in [2.05, 4.69) is 4.74 Å². The van der Waals surface area contributed by atoms with E-state index in [0.29, 0.717) is 5.92 Å². The van der Waals surface area contributed by atoms with Crippen molar-refractivity contribution >= 4 is 17.6 Å². The monoisotopic (exact) mass is 210 g/mol. The Bertz CT molecular complexity index is 362. The second kappa shape index (κ2) is 3.62. The lowest BCUT2D eigenvalue weighted by Crippen LogP contribution is -2.03. The first kappa shape index (κ1) is 9.53. The van der Waals surface area contributed by atoms with E-state index in [4.69, 9.17) is 11.6 Å². The lowest BCUT2D eigenvalue weighted by molar-refractivity contribution is -0.142. The van der Waals surface area contributed by atoms with Crippen LogP contribution >= 0.6 is 11.6 Å². The van der Waals surface area contributed by atoms with Gasteiger partial charge in [0.05, 0.1) is 13.0 Å². The van der Waals surface area contributed by atoms with Gasteiger partial charge in [-0.25, -0.2) is 0 Å². The van der Waals surface area contributed by atoms with Gasteiger partial charge in [0, 0.05) is 5.02 Å². The van der Waals surface area contributed by atoms with Crippen LogP contribution < -0.4 is 0 Å². The van der Waals surface area contributed by atoms with E-state index in [-0.39, 0.29) is 11.9 Å². The van der Waals surface area contributed by atoms with Gasteiger partial charge in [0.15, 0.2) is 0 Å². The molecule has 1 aliphatic rings. The highest BCUT2D eigenvalue weighted by Gasteiger charge is 2.44. The molecule has 74 valence electrons. The Morgan fingerprint density at radius 1 is 1.57 bits per heavy atom. The number of carbonyl (C=O) groups is 1. The first-order valence-electron chi connectivity index (χ1n) is 4.55. The number of carbonyl (C=O) groups excluding carboxylic acids is 1. The highest BCUT2D eigenvalue weighted by molar-refractivity contribution is 6.30. The Morgan fingerprint density at radius 2 is 2.36 bits per heavy atom. The molecule has 0 amide bonds. The van der Waals surface area contributed by atoms with Crippen molar-refractivity contribution in [3.05, 3.63) is 34.9 Å². The van der Waals surface area contributed by atoms with E-state index >= 15 is 0 Å². The van der Waals surface area contributed by atoms with Crippen LogP contribution in [0.3, 0.4) is 0 Å². The summed E-state index contributed by atoms with van der Waals surface area (Å²) in [5.74, 6) is 0.231. The number of ether oxygens (including phenoxy) is 1. The van der Waals surface area contributed by atoms with Gasteiger partial charge in [0.2, 0.25) is 0 Å². The summed E-state index contributed by atoms with van der Waals surface area (Å²) in [5.41, 5.74) is 1.13. The minimum absolute atomic E-state index is 0.0402. The lowest BCUT2D eigenvalue weighted by Gasteiger charge is -1.99. The van der Waals surface area contributed by atoms with Crippen LogP contribution in [0.15, 0.2) is 24.3 Å². The molecule has 0 heterocycles. The third-order valence-electron chi connectivity index (χ3n) is 2.57. The van der Waals surface area contributed by atoms with E-state index in [0.717, 1.165) is 17.0 Å². The van der Waals surface area contributed by atoms with Gasteiger partial charge in [-0.1, -0.05) is 23.7 Å².